The summed E-state index contributed by atoms with van der Waals surface area (Å²) in [6, 6.07) is 27.1. The quantitative estimate of drug-likeness (QED) is 0.372. The second-order valence-corrected chi connectivity index (χ2v) is 12.4. The van der Waals surface area contributed by atoms with Crippen LogP contribution < -0.4 is 8.92 Å². The van der Waals surface area contributed by atoms with E-state index in [0.717, 1.165) is 23.7 Å². The summed E-state index contributed by atoms with van der Waals surface area (Å²) in [6.07, 6.45) is 0. The fourth-order valence-corrected chi connectivity index (χ4v) is 7.54. The summed E-state index contributed by atoms with van der Waals surface area (Å²) in [5, 5.41) is 2.32. The van der Waals surface area contributed by atoms with Gasteiger partial charge in [0.1, 0.15) is 0 Å². The summed E-state index contributed by atoms with van der Waals surface area (Å²) >= 11 is 0.934. The molecule has 4 heteroatoms. The van der Waals surface area contributed by atoms with Gasteiger partial charge >= 0.3 is 196 Å². The molecule has 2 nitrogen and oxygen atoms in total. The molecule has 0 aliphatic rings. The van der Waals surface area contributed by atoms with Gasteiger partial charge in [0.05, 0.1) is 0 Å². The van der Waals surface area contributed by atoms with Crippen LogP contribution in [0, 0.1) is 0 Å². The van der Waals surface area contributed by atoms with E-state index in [1.165, 1.54) is 31.2 Å². The third kappa shape index (κ3) is 7.39. The van der Waals surface area contributed by atoms with Gasteiger partial charge in [0.15, 0.2) is 0 Å². The van der Waals surface area contributed by atoms with Gasteiger partial charge < -0.3 is 0 Å². The Hall–Kier alpha value is -1.38. The molecule has 0 atom stereocenters. The normalized spacial score (nSPS) is 11.4. The van der Waals surface area contributed by atoms with E-state index in [0.29, 0.717) is 29.9 Å². The molecular weight excluding hydrogens is 498 g/mol. The molecule has 0 amide bonds. The van der Waals surface area contributed by atoms with Gasteiger partial charge in [-0.3, -0.25) is 0 Å². The molecule has 0 aliphatic heterocycles. The van der Waals surface area contributed by atoms with Crippen molar-refractivity contribution in [2.24, 2.45) is 0 Å². The van der Waals surface area contributed by atoms with Gasteiger partial charge in [-0.1, -0.05) is 0 Å². The number of nitrogens with zero attached hydrogens (tertiary/aromatic N) is 2. The molecule has 3 aromatic rings. The van der Waals surface area contributed by atoms with E-state index in [1.807, 2.05) is 0 Å². The zero-order valence-electron chi connectivity index (χ0n) is 18.5. The van der Waals surface area contributed by atoms with Crippen molar-refractivity contribution in [1.82, 2.24) is 9.80 Å². The molecular formula is C26H32N2Se2. The van der Waals surface area contributed by atoms with Gasteiger partial charge in [-0.15, -0.1) is 0 Å². The van der Waals surface area contributed by atoms with Crippen LogP contribution in [-0.2, 0) is 23.7 Å². The molecule has 3 aromatic carbocycles. The molecule has 0 spiro atoms. The minimum atomic E-state index is 0.467. The van der Waals surface area contributed by atoms with Crippen LogP contribution in [0.2, 0.25) is 0 Å². The average molecular weight is 530 g/mol. The van der Waals surface area contributed by atoms with Crippen molar-refractivity contribution in [2.75, 3.05) is 28.2 Å². The van der Waals surface area contributed by atoms with E-state index in [9.17, 15) is 0 Å². The van der Waals surface area contributed by atoms with Gasteiger partial charge in [0, 0.05) is 0 Å². The number of hydrogen-bond donors (Lipinski definition) is 0. The second kappa shape index (κ2) is 11.9. The van der Waals surface area contributed by atoms with E-state index in [1.54, 1.807) is 0 Å². The number of hydrogen-bond acceptors (Lipinski definition) is 2. The van der Waals surface area contributed by atoms with Gasteiger partial charge in [0.25, 0.3) is 0 Å². The van der Waals surface area contributed by atoms with Crippen molar-refractivity contribution in [3.8, 4) is 0 Å². The Morgan fingerprint density at radius 2 is 1.00 bits per heavy atom. The summed E-state index contributed by atoms with van der Waals surface area (Å²) in [6.45, 7) is 2.04. The van der Waals surface area contributed by atoms with Crippen LogP contribution in [0.5, 0.6) is 0 Å². The van der Waals surface area contributed by atoms with Crippen LogP contribution in [-0.4, -0.2) is 67.9 Å². The van der Waals surface area contributed by atoms with E-state index in [4.69, 9.17) is 0 Å². The van der Waals surface area contributed by atoms with E-state index in [2.05, 4.69) is 111 Å². The molecule has 0 N–H and O–H groups in total. The molecule has 0 heterocycles. The topological polar surface area (TPSA) is 6.48 Å². The Morgan fingerprint density at radius 3 is 1.43 bits per heavy atom. The molecule has 3 rings (SSSR count). The molecule has 0 saturated carbocycles. The average Bonchev–Trinajstić information content (AvgIpc) is 2.72. The van der Waals surface area contributed by atoms with Gasteiger partial charge in [-0.25, -0.2) is 0 Å². The summed E-state index contributed by atoms with van der Waals surface area (Å²) in [5.74, 6) is 0. The Kier molecular flexibility index (Phi) is 9.21. The van der Waals surface area contributed by atoms with Gasteiger partial charge in [0.2, 0.25) is 0 Å². The van der Waals surface area contributed by atoms with Crippen molar-refractivity contribution in [3.63, 3.8) is 0 Å². The second-order valence-electron chi connectivity index (χ2n) is 8.09. The third-order valence-corrected chi connectivity index (χ3v) is 9.68. The van der Waals surface area contributed by atoms with Crippen LogP contribution in [0.15, 0.2) is 72.8 Å². The Labute approximate surface area is 195 Å². The Balaban J connectivity index is 1.62. The first-order chi connectivity index (χ1) is 14.5. The predicted molar refractivity (Wildman–Crippen MR) is 132 cm³/mol. The van der Waals surface area contributed by atoms with Crippen LogP contribution in [0.1, 0.15) is 22.3 Å². The molecule has 0 aromatic heterocycles. The molecule has 0 fully saturated rings. The molecule has 0 saturated heterocycles. The summed E-state index contributed by atoms with van der Waals surface area (Å²) in [5.41, 5.74) is 5.90. The van der Waals surface area contributed by atoms with Crippen molar-refractivity contribution < 1.29 is 0 Å². The molecule has 158 valence electrons. The third-order valence-electron chi connectivity index (χ3n) is 4.70. The Bertz CT molecular complexity index is 865. The van der Waals surface area contributed by atoms with E-state index >= 15 is 0 Å². The van der Waals surface area contributed by atoms with Gasteiger partial charge in [-0.2, -0.15) is 0 Å². The first-order valence-electron chi connectivity index (χ1n) is 10.3. The van der Waals surface area contributed by atoms with E-state index in [-0.39, 0.29) is 0 Å². The molecule has 0 unspecified atom stereocenters. The minimum absolute atomic E-state index is 0.467. The monoisotopic (exact) mass is 532 g/mol. The summed E-state index contributed by atoms with van der Waals surface area (Å²) in [4.78, 5) is 4.51. The number of benzene rings is 3. The first kappa shape index (κ1) is 23.3. The zero-order valence-corrected chi connectivity index (χ0v) is 21.9. The SMILES string of the molecule is CN(C)Cc1ccccc1[Se]Cc1cccc(C[Se]c2ccccc2CN(C)C)c1. The van der Waals surface area contributed by atoms with Crippen LogP contribution in [0.4, 0.5) is 0 Å². The van der Waals surface area contributed by atoms with Crippen LogP contribution in [0.3, 0.4) is 0 Å². The van der Waals surface area contributed by atoms with Crippen molar-refractivity contribution in [2.45, 2.75) is 23.7 Å². The van der Waals surface area contributed by atoms with Crippen LogP contribution in [0.25, 0.3) is 0 Å². The predicted octanol–water partition coefficient (Wildman–Crippen LogP) is 2.87. The molecule has 0 aliphatic carbocycles. The molecule has 30 heavy (non-hydrogen) atoms. The molecule has 0 radical (unpaired) electrons. The van der Waals surface area contributed by atoms with Crippen LogP contribution >= 0.6 is 0 Å². The molecule has 0 bridgehead atoms. The fourth-order valence-electron chi connectivity index (χ4n) is 3.36. The number of rotatable bonds is 10. The summed E-state index contributed by atoms with van der Waals surface area (Å²) in [7, 11) is 8.58. The summed E-state index contributed by atoms with van der Waals surface area (Å²) < 4.78 is 3.07. The van der Waals surface area contributed by atoms with Crippen molar-refractivity contribution in [3.05, 3.63) is 95.1 Å². The fraction of sp³-hybridized carbons (Fsp3) is 0.308. The first-order valence-corrected chi connectivity index (χ1v) is 14.4. The van der Waals surface area contributed by atoms with Crippen molar-refractivity contribution in [1.29, 1.82) is 0 Å². The standard InChI is InChI=1S/C26H32N2Se2/c1-27(2)17-23-12-5-7-14-25(23)29-19-21-10-9-11-22(16-21)20-30-26-15-8-6-13-24(26)18-28(3)4/h5-16H,17-20H2,1-4H3. The zero-order chi connectivity index (χ0) is 21.3. The maximum atomic E-state index is 2.44. The Morgan fingerprint density at radius 1 is 0.567 bits per heavy atom. The van der Waals surface area contributed by atoms with E-state index < -0.39 is 0 Å². The van der Waals surface area contributed by atoms with Crippen molar-refractivity contribution >= 4 is 38.8 Å². The maximum absolute atomic E-state index is 2.44. The van der Waals surface area contributed by atoms with Gasteiger partial charge in [-0.05, 0) is 0 Å².